The fraction of sp³-hybridized carbons (Fsp3) is 0.750. The van der Waals surface area contributed by atoms with Crippen LogP contribution in [-0.2, 0) is 23.9 Å². The molecule has 98 valence electrons. The molecule has 0 fully saturated rings. The zero-order chi connectivity index (χ0) is 13.8. The molecule has 0 saturated carbocycles. The lowest BCUT2D eigenvalue weighted by molar-refractivity contribution is -0.186. The van der Waals surface area contributed by atoms with E-state index in [1.165, 1.54) is 0 Å². The van der Waals surface area contributed by atoms with Crippen LogP contribution in [-0.4, -0.2) is 35.3 Å². The van der Waals surface area contributed by atoms with E-state index in [4.69, 9.17) is 9.47 Å². The maximum atomic E-state index is 11.9. The molecule has 17 heavy (non-hydrogen) atoms. The van der Waals surface area contributed by atoms with Gasteiger partial charge in [0.2, 0.25) is 0 Å². The molecule has 0 amide bonds. The number of ether oxygens (including phenoxy) is 2. The van der Waals surface area contributed by atoms with Crippen LogP contribution in [0.25, 0.3) is 0 Å². The molecule has 0 aliphatic carbocycles. The predicted molar refractivity (Wildman–Crippen MR) is 61.5 cm³/mol. The number of carbonyl (C=O) groups excluding carboxylic acids is 3. The molecule has 0 aromatic heterocycles. The van der Waals surface area contributed by atoms with Crippen LogP contribution in [0.3, 0.4) is 0 Å². The van der Waals surface area contributed by atoms with Gasteiger partial charge in [-0.15, -0.1) is 0 Å². The Morgan fingerprint density at radius 3 is 1.53 bits per heavy atom. The first-order valence-corrected chi connectivity index (χ1v) is 5.55. The number of rotatable bonds is 6. The molecule has 0 rings (SSSR count). The molecule has 0 bridgehead atoms. The molecule has 5 heteroatoms. The molecule has 0 aliphatic heterocycles. The Balaban J connectivity index is 5.40. The number of hydrogen-bond acceptors (Lipinski definition) is 5. The third-order valence-electron chi connectivity index (χ3n) is 2.03. The zero-order valence-corrected chi connectivity index (χ0v) is 11.2. The van der Waals surface area contributed by atoms with E-state index in [1.54, 1.807) is 27.7 Å². The summed E-state index contributed by atoms with van der Waals surface area (Å²) in [7, 11) is 0. The standard InChI is InChI=1S/C12H20O5/c1-7(2)16-11(15)12(9(5)13,10(6)14)17-8(3)4/h7-8H,1-6H3. The van der Waals surface area contributed by atoms with Crippen LogP contribution in [0.4, 0.5) is 0 Å². The van der Waals surface area contributed by atoms with Gasteiger partial charge in [0.05, 0.1) is 12.2 Å². The first-order chi connectivity index (χ1) is 7.64. The SMILES string of the molecule is CC(=O)C(OC(C)C)(C(C)=O)C(=O)OC(C)C. The van der Waals surface area contributed by atoms with Gasteiger partial charge in [-0.2, -0.15) is 0 Å². The maximum Gasteiger partial charge on any atom is 0.354 e. The van der Waals surface area contributed by atoms with Crippen LogP contribution in [0.1, 0.15) is 41.5 Å². The largest absolute Gasteiger partial charge is 0.460 e. The minimum Gasteiger partial charge on any atom is -0.460 e. The van der Waals surface area contributed by atoms with E-state index in [0.29, 0.717) is 0 Å². The summed E-state index contributed by atoms with van der Waals surface area (Å²) in [6.07, 6.45) is -0.862. The van der Waals surface area contributed by atoms with Crippen molar-refractivity contribution in [3.8, 4) is 0 Å². The molecule has 0 spiro atoms. The van der Waals surface area contributed by atoms with Crippen LogP contribution in [0, 0.1) is 0 Å². The molecule has 0 atom stereocenters. The summed E-state index contributed by atoms with van der Waals surface area (Å²) in [6.45, 7) is 8.85. The molecule has 0 heterocycles. The van der Waals surface area contributed by atoms with Crippen molar-refractivity contribution in [2.24, 2.45) is 0 Å². The lowest BCUT2D eigenvalue weighted by Crippen LogP contribution is -2.56. The summed E-state index contributed by atoms with van der Waals surface area (Å²) in [5.74, 6) is -2.27. The second kappa shape index (κ2) is 5.91. The van der Waals surface area contributed by atoms with E-state index in [9.17, 15) is 14.4 Å². The predicted octanol–water partition coefficient (Wildman–Crippen LogP) is 1.28. The van der Waals surface area contributed by atoms with Crippen molar-refractivity contribution in [1.82, 2.24) is 0 Å². The molecule has 0 aliphatic rings. The third-order valence-corrected chi connectivity index (χ3v) is 2.03. The molecule has 5 nitrogen and oxygen atoms in total. The Morgan fingerprint density at radius 2 is 1.29 bits per heavy atom. The van der Waals surface area contributed by atoms with E-state index >= 15 is 0 Å². The molecule has 0 unspecified atom stereocenters. The second-order valence-electron chi connectivity index (χ2n) is 4.41. The number of carbonyl (C=O) groups is 3. The van der Waals surface area contributed by atoms with E-state index in [-0.39, 0.29) is 0 Å². The summed E-state index contributed by atoms with van der Waals surface area (Å²) in [5.41, 5.74) is -2.13. The van der Waals surface area contributed by atoms with Crippen LogP contribution >= 0.6 is 0 Å². The average Bonchev–Trinajstić information content (AvgIpc) is 2.10. The molecular formula is C12H20O5. The number of Topliss-reactive ketones (excluding diaryl/α,β-unsaturated/α-hetero) is 2. The van der Waals surface area contributed by atoms with Crippen LogP contribution < -0.4 is 0 Å². The van der Waals surface area contributed by atoms with Crippen LogP contribution in [0.2, 0.25) is 0 Å². The Kier molecular flexibility index (Phi) is 5.48. The highest BCUT2D eigenvalue weighted by molar-refractivity contribution is 6.25. The maximum absolute atomic E-state index is 11.9. The van der Waals surface area contributed by atoms with Gasteiger partial charge in [-0.25, -0.2) is 4.79 Å². The van der Waals surface area contributed by atoms with E-state index in [0.717, 1.165) is 13.8 Å². The van der Waals surface area contributed by atoms with E-state index in [2.05, 4.69) is 0 Å². The second-order valence-corrected chi connectivity index (χ2v) is 4.41. The lowest BCUT2D eigenvalue weighted by atomic mass is 9.94. The minimum absolute atomic E-state index is 0.420. The lowest BCUT2D eigenvalue weighted by Gasteiger charge is -2.29. The fourth-order valence-corrected chi connectivity index (χ4v) is 1.40. The topological polar surface area (TPSA) is 69.7 Å². The van der Waals surface area contributed by atoms with Crippen LogP contribution in [0.15, 0.2) is 0 Å². The van der Waals surface area contributed by atoms with Crippen molar-refractivity contribution in [2.45, 2.75) is 59.4 Å². The van der Waals surface area contributed by atoms with Crippen molar-refractivity contribution in [2.75, 3.05) is 0 Å². The Bertz CT molecular complexity index is 303. The molecule has 0 aromatic carbocycles. The van der Waals surface area contributed by atoms with Gasteiger partial charge in [0.1, 0.15) is 0 Å². The molecular weight excluding hydrogens is 224 g/mol. The quantitative estimate of drug-likeness (QED) is 0.520. The van der Waals surface area contributed by atoms with E-state index in [1.807, 2.05) is 0 Å². The fourth-order valence-electron chi connectivity index (χ4n) is 1.40. The molecule has 0 saturated heterocycles. The summed E-state index contributed by atoms with van der Waals surface area (Å²) < 4.78 is 10.2. The van der Waals surface area contributed by atoms with Crippen molar-refractivity contribution in [3.05, 3.63) is 0 Å². The summed E-state index contributed by atoms with van der Waals surface area (Å²) >= 11 is 0. The van der Waals surface area contributed by atoms with Gasteiger partial charge < -0.3 is 9.47 Å². The van der Waals surface area contributed by atoms with Gasteiger partial charge in [-0.1, -0.05) is 0 Å². The van der Waals surface area contributed by atoms with Gasteiger partial charge in [0, 0.05) is 0 Å². The van der Waals surface area contributed by atoms with E-state index < -0.39 is 35.3 Å². The summed E-state index contributed by atoms with van der Waals surface area (Å²) in [6, 6.07) is 0. The highest BCUT2D eigenvalue weighted by atomic mass is 16.6. The van der Waals surface area contributed by atoms with Crippen molar-refractivity contribution >= 4 is 17.5 Å². The smallest absolute Gasteiger partial charge is 0.354 e. The van der Waals surface area contributed by atoms with Crippen molar-refractivity contribution < 1.29 is 23.9 Å². The zero-order valence-electron chi connectivity index (χ0n) is 11.2. The van der Waals surface area contributed by atoms with Gasteiger partial charge >= 0.3 is 5.97 Å². The first kappa shape index (κ1) is 15.8. The molecule has 0 N–H and O–H groups in total. The average molecular weight is 244 g/mol. The first-order valence-electron chi connectivity index (χ1n) is 5.55. The Labute approximate surface area is 101 Å². The normalized spacial score (nSPS) is 11.8. The molecule has 0 radical (unpaired) electrons. The number of hydrogen-bond donors (Lipinski definition) is 0. The Morgan fingerprint density at radius 1 is 0.882 bits per heavy atom. The van der Waals surface area contributed by atoms with Crippen molar-refractivity contribution in [1.29, 1.82) is 0 Å². The van der Waals surface area contributed by atoms with Gasteiger partial charge in [-0.3, -0.25) is 9.59 Å². The van der Waals surface area contributed by atoms with Gasteiger partial charge in [-0.05, 0) is 41.5 Å². The van der Waals surface area contributed by atoms with Crippen molar-refractivity contribution in [3.63, 3.8) is 0 Å². The summed E-state index contributed by atoms with van der Waals surface area (Å²) in [4.78, 5) is 35.1. The Hall–Kier alpha value is -1.23. The van der Waals surface area contributed by atoms with Crippen LogP contribution in [0.5, 0.6) is 0 Å². The minimum atomic E-state index is -2.13. The third kappa shape index (κ3) is 3.63. The number of esters is 1. The highest BCUT2D eigenvalue weighted by Gasteiger charge is 2.52. The summed E-state index contributed by atoms with van der Waals surface area (Å²) in [5, 5.41) is 0. The molecule has 0 aromatic rings. The van der Waals surface area contributed by atoms with Gasteiger partial charge in [0.25, 0.3) is 5.60 Å². The van der Waals surface area contributed by atoms with Gasteiger partial charge in [0.15, 0.2) is 11.6 Å². The highest BCUT2D eigenvalue weighted by Crippen LogP contribution is 2.20. The monoisotopic (exact) mass is 244 g/mol. The number of ketones is 2.